The number of benzene rings is 1. The summed E-state index contributed by atoms with van der Waals surface area (Å²) < 4.78 is 1.94. The molecule has 2 rings (SSSR count). The fourth-order valence-electron chi connectivity index (χ4n) is 2.39. The molecule has 5 heteroatoms. The minimum atomic E-state index is 0.791. The minimum absolute atomic E-state index is 0.791. The number of aromatic nitrogens is 2. The number of hydrogen-bond acceptors (Lipinski definition) is 2. The highest BCUT2D eigenvalue weighted by atomic mass is 15.3. The predicted molar refractivity (Wildman–Crippen MR) is 95.7 cm³/mol. The first kappa shape index (κ1) is 17.1. The van der Waals surface area contributed by atoms with Crippen LogP contribution in [0.2, 0.25) is 0 Å². The van der Waals surface area contributed by atoms with Gasteiger partial charge in [-0.25, -0.2) is 0 Å². The standard InChI is InChI=1S/C18H27N5/c1-3-19-18(20-10-5-13-23-14-6-11-22-23)21-12-9-17-8-4-7-16(2)15-17/h4,6-8,11,14-15H,3,5,9-10,12-13H2,1-2H3,(H2,19,20,21). The van der Waals surface area contributed by atoms with Gasteiger partial charge in [0.15, 0.2) is 5.96 Å². The molecule has 0 saturated heterocycles. The van der Waals surface area contributed by atoms with Crippen molar-refractivity contribution in [3.8, 4) is 0 Å². The van der Waals surface area contributed by atoms with Crippen molar-refractivity contribution in [3.63, 3.8) is 0 Å². The van der Waals surface area contributed by atoms with Crippen molar-refractivity contribution >= 4 is 5.96 Å². The van der Waals surface area contributed by atoms with E-state index in [4.69, 9.17) is 0 Å². The van der Waals surface area contributed by atoms with Crippen LogP contribution in [-0.4, -0.2) is 35.4 Å². The molecule has 5 nitrogen and oxygen atoms in total. The molecule has 0 amide bonds. The first-order valence-corrected chi connectivity index (χ1v) is 8.33. The van der Waals surface area contributed by atoms with Crippen LogP contribution in [0.4, 0.5) is 0 Å². The summed E-state index contributed by atoms with van der Waals surface area (Å²) in [5.41, 5.74) is 2.66. The van der Waals surface area contributed by atoms with Crippen LogP contribution in [0, 0.1) is 6.92 Å². The van der Waals surface area contributed by atoms with Gasteiger partial charge in [-0.1, -0.05) is 29.8 Å². The molecule has 1 aromatic carbocycles. The molecule has 2 aromatic rings. The van der Waals surface area contributed by atoms with Crippen molar-refractivity contribution in [1.82, 2.24) is 20.4 Å². The highest BCUT2D eigenvalue weighted by Crippen LogP contribution is 2.03. The molecular formula is C18H27N5. The van der Waals surface area contributed by atoms with Gasteiger partial charge in [-0.2, -0.15) is 5.10 Å². The number of hydrogen-bond donors (Lipinski definition) is 2. The van der Waals surface area contributed by atoms with Crippen LogP contribution in [0.3, 0.4) is 0 Å². The van der Waals surface area contributed by atoms with E-state index in [9.17, 15) is 0 Å². The van der Waals surface area contributed by atoms with Gasteiger partial charge < -0.3 is 10.6 Å². The van der Waals surface area contributed by atoms with E-state index < -0.39 is 0 Å². The van der Waals surface area contributed by atoms with E-state index in [1.807, 2.05) is 16.9 Å². The summed E-state index contributed by atoms with van der Waals surface area (Å²) in [6, 6.07) is 10.6. The number of nitrogens with zero attached hydrogens (tertiary/aromatic N) is 3. The third kappa shape index (κ3) is 6.55. The monoisotopic (exact) mass is 313 g/mol. The van der Waals surface area contributed by atoms with E-state index in [-0.39, 0.29) is 0 Å². The summed E-state index contributed by atoms with van der Waals surface area (Å²) in [6.07, 6.45) is 5.77. The van der Waals surface area contributed by atoms with Crippen molar-refractivity contribution in [3.05, 3.63) is 53.9 Å². The molecule has 0 atom stereocenters. The molecular weight excluding hydrogens is 286 g/mol. The van der Waals surface area contributed by atoms with Crippen LogP contribution in [0.1, 0.15) is 24.5 Å². The highest BCUT2D eigenvalue weighted by Gasteiger charge is 1.98. The molecule has 0 bridgehead atoms. The van der Waals surface area contributed by atoms with Gasteiger partial charge in [0.2, 0.25) is 0 Å². The summed E-state index contributed by atoms with van der Waals surface area (Å²) >= 11 is 0. The fraction of sp³-hybridized carbons (Fsp3) is 0.444. The molecule has 0 aliphatic rings. The largest absolute Gasteiger partial charge is 0.357 e. The average Bonchev–Trinajstić information content (AvgIpc) is 3.05. The number of aryl methyl sites for hydroxylation is 2. The van der Waals surface area contributed by atoms with Gasteiger partial charge in [0, 0.05) is 38.6 Å². The molecule has 0 fully saturated rings. The Balaban J connectivity index is 1.72. The van der Waals surface area contributed by atoms with E-state index in [1.54, 1.807) is 6.20 Å². The van der Waals surface area contributed by atoms with E-state index in [0.29, 0.717) is 0 Å². The quantitative estimate of drug-likeness (QED) is 0.447. The summed E-state index contributed by atoms with van der Waals surface area (Å²) in [7, 11) is 0. The Labute approximate surface area is 138 Å². The van der Waals surface area contributed by atoms with Crippen LogP contribution < -0.4 is 10.6 Å². The zero-order chi connectivity index (χ0) is 16.3. The Morgan fingerprint density at radius 3 is 2.91 bits per heavy atom. The maximum atomic E-state index is 4.61. The second-order valence-corrected chi connectivity index (χ2v) is 5.55. The Hall–Kier alpha value is -2.30. The van der Waals surface area contributed by atoms with Crippen molar-refractivity contribution < 1.29 is 0 Å². The normalized spacial score (nSPS) is 11.5. The van der Waals surface area contributed by atoms with Crippen LogP contribution in [0.15, 0.2) is 47.7 Å². The predicted octanol–water partition coefficient (Wildman–Crippen LogP) is 2.38. The van der Waals surface area contributed by atoms with Crippen LogP contribution in [0.5, 0.6) is 0 Å². The summed E-state index contributed by atoms with van der Waals surface area (Å²) in [5.74, 6) is 0.889. The Morgan fingerprint density at radius 2 is 2.17 bits per heavy atom. The molecule has 1 aromatic heterocycles. The van der Waals surface area contributed by atoms with Gasteiger partial charge in [-0.05, 0) is 38.3 Å². The minimum Gasteiger partial charge on any atom is -0.357 e. The lowest BCUT2D eigenvalue weighted by Gasteiger charge is -2.11. The summed E-state index contributed by atoms with van der Waals surface area (Å²) in [4.78, 5) is 4.61. The van der Waals surface area contributed by atoms with Crippen molar-refractivity contribution in [1.29, 1.82) is 0 Å². The second kappa shape index (κ2) is 9.66. The van der Waals surface area contributed by atoms with E-state index in [0.717, 1.165) is 45.0 Å². The highest BCUT2D eigenvalue weighted by molar-refractivity contribution is 5.79. The smallest absolute Gasteiger partial charge is 0.191 e. The van der Waals surface area contributed by atoms with E-state index in [2.05, 4.69) is 58.8 Å². The van der Waals surface area contributed by atoms with Gasteiger partial charge >= 0.3 is 0 Å². The van der Waals surface area contributed by atoms with Gasteiger partial charge in [0.25, 0.3) is 0 Å². The maximum Gasteiger partial charge on any atom is 0.191 e. The molecule has 1 heterocycles. The molecule has 2 N–H and O–H groups in total. The lowest BCUT2D eigenvalue weighted by Crippen LogP contribution is -2.38. The van der Waals surface area contributed by atoms with Gasteiger partial charge in [-0.15, -0.1) is 0 Å². The van der Waals surface area contributed by atoms with Gasteiger partial charge in [0.1, 0.15) is 0 Å². The average molecular weight is 313 g/mol. The third-order valence-electron chi connectivity index (χ3n) is 3.51. The van der Waals surface area contributed by atoms with Gasteiger partial charge in [-0.3, -0.25) is 9.67 Å². The molecule has 0 unspecified atom stereocenters. The van der Waals surface area contributed by atoms with Crippen LogP contribution in [-0.2, 0) is 13.0 Å². The molecule has 0 aliphatic carbocycles. The number of nitrogens with one attached hydrogen (secondary N) is 2. The van der Waals surface area contributed by atoms with E-state index in [1.165, 1.54) is 11.1 Å². The molecule has 124 valence electrons. The SMILES string of the molecule is CCNC(=NCCCn1cccn1)NCCc1cccc(C)c1. The van der Waals surface area contributed by atoms with Crippen molar-refractivity contribution in [2.45, 2.75) is 33.2 Å². The van der Waals surface area contributed by atoms with Gasteiger partial charge in [0.05, 0.1) is 0 Å². The number of guanidine groups is 1. The zero-order valence-electron chi connectivity index (χ0n) is 14.1. The topological polar surface area (TPSA) is 54.2 Å². The fourth-order valence-corrected chi connectivity index (χ4v) is 2.39. The molecule has 0 saturated carbocycles. The molecule has 0 spiro atoms. The molecule has 0 aliphatic heterocycles. The first-order valence-electron chi connectivity index (χ1n) is 8.33. The zero-order valence-corrected chi connectivity index (χ0v) is 14.1. The van der Waals surface area contributed by atoms with Crippen LogP contribution in [0.25, 0.3) is 0 Å². The molecule has 23 heavy (non-hydrogen) atoms. The number of rotatable bonds is 8. The first-order chi connectivity index (χ1) is 11.3. The maximum absolute atomic E-state index is 4.61. The molecule has 0 radical (unpaired) electrons. The second-order valence-electron chi connectivity index (χ2n) is 5.55. The summed E-state index contributed by atoms with van der Waals surface area (Å²) in [6.45, 7) is 7.66. The Bertz CT molecular complexity index is 589. The number of aliphatic imine (C=N–C) groups is 1. The Kier molecular flexibility index (Phi) is 7.17. The third-order valence-corrected chi connectivity index (χ3v) is 3.51. The lowest BCUT2D eigenvalue weighted by molar-refractivity contribution is 0.584. The summed E-state index contributed by atoms with van der Waals surface area (Å²) in [5, 5.41) is 10.9. The lowest BCUT2D eigenvalue weighted by atomic mass is 10.1. The Morgan fingerprint density at radius 1 is 1.26 bits per heavy atom. The van der Waals surface area contributed by atoms with Crippen molar-refractivity contribution in [2.24, 2.45) is 4.99 Å². The van der Waals surface area contributed by atoms with Crippen molar-refractivity contribution in [2.75, 3.05) is 19.6 Å². The van der Waals surface area contributed by atoms with Crippen LogP contribution >= 0.6 is 0 Å². The van der Waals surface area contributed by atoms with E-state index >= 15 is 0 Å².